The molecule has 7 heteroatoms. The molecule has 0 aliphatic carbocycles. The van der Waals surface area contributed by atoms with Crippen molar-refractivity contribution in [2.45, 2.75) is 39.2 Å². The molecule has 0 bridgehead atoms. The smallest absolute Gasteiger partial charge is 0.224 e. The lowest BCUT2D eigenvalue weighted by Crippen LogP contribution is -2.28. The number of anilines is 1. The zero-order valence-electron chi connectivity index (χ0n) is 13.3. The van der Waals surface area contributed by atoms with Gasteiger partial charge in [0, 0.05) is 12.1 Å². The van der Waals surface area contributed by atoms with Gasteiger partial charge in [0.2, 0.25) is 11.8 Å². The molecule has 2 rings (SSSR count). The van der Waals surface area contributed by atoms with Gasteiger partial charge in [-0.3, -0.25) is 14.7 Å². The van der Waals surface area contributed by atoms with Gasteiger partial charge in [0.1, 0.15) is 12.2 Å². The molecule has 1 aromatic carbocycles. The quantitative estimate of drug-likeness (QED) is 0.727. The van der Waals surface area contributed by atoms with Crippen LogP contribution < -0.4 is 10.6 Å². The maximum absolute atomic E-state index is 12.0. The average molecular weight is 315 g/mol. The maximum atomic E-state index is 12.0. The van der Waals surface area contributed by atoms with Crippen molar-refractivity contribution in [3.63, 3.8) is 0 Å². The van der Waals surface area contributed by atoms with Crippen molar-refractivity contribution in [1.29, 1.82) is 0 Å². The Balaban J connectivity index is 1.85. The van der Waals surface area contributed by atoms with Crippen LogP contribution >= 0.6 is 0 Å². The molecule has 122 valence electrons. The summed E-state index contributed by atoms with van der Waals surface area (Å²) in [6, 6.07) is 7.05. The number of aromatic amines is 1. The molecule has 0 spiro atoms. The lowest BCUT2D eigenvalue weighted by atomic mass is 10.1. The number of hydrogen-bond acceptors (Lipinski definition) is 4. The lowest BCUT2D eigenvalue weighted by molar-refractivity contribution is -0.121. The van der Waals surface area contributed by atoms with Crippen LogP contribution in [0.5, 0.6) is 0 Å². The molecule has 0 fully saturated rings. The number of amides is 2. The Hall–Kier alpha value is -2.70. The standard InChI is InChI=1S/C16H21N5O2/c1-3-4-14(22)20-13-7-5-12(6-8-13)9-15(23)19-11(2)16-17-10-18-21-16/h5-8,10-11H,3-4,9H2,1-2H3,(H,19,23)(H,20,22)(H,17,18,21). The highest BCUT2D eigenvalue weighted by Crippen LogP contribution is 2.11. The number of nitrogens with zero attached hydrogens (tertiary/aromatic N) is 2. The van der Waals surface area contributed by atoms with Crippen molar-refractivity contribution < 1.29 is 9.59 Å². The van der Waals surface area contributed by atoms with Gasteiger partial charge in [-0.05, 0) is 31.0 Å². The second kappa shape index (κ2) is 8.07. The summed E-state index contributed by atoms with van der Waals surface area (Å²) in [6.07, 6.45) is 2.99. The second-order valence-electron chi connectivity index (χ2n) is 5.33. The summed E-state index contributed by atoms with van der Waals surface area (Å²) in [5.41, 5.74) is 1.61. The van der Waals surface area contributed by atoms with E-state index in [2.05, 4.69) is 25.8 Å². The van der Waals surface area contributed by atoms with Crippen LogP contribution in [0.4, 0.5) is 5.69 Å². The van der Waals surface area contributed by atoms with Crippen LogP contribution in [0, 0.1) is 0 Å². The average Bonchev–Trinajstić information content (AvgIpc) is 3.04. The molecule has 1 aromatic heterocycles. The molecule has 2 amide bonds. The van der Waals surface area contributed by atoms with E-state index in [0.717, 1.165) is 17.7 Å². The summed E-state index contributed by atoms with van der Waals surface area (Å²) in [5.74, 6) is 0.517. The highest BCUT2D eigenvalue weighted by Gasteiger charge is 2.12. The van der Waals surface area contributed by atoms with E-state index >= 15 is 0 Å². The molecule has 0 radical (unpaired) electrons. The Bertz CT molecular complexity index is 637. The van der Waals surface area contributed by atoms with Gasteiger partial charge in [-0.15, -0.1) is 0 Å². The first-order valence-corrected chi connectivity index (χ1v) is 7.62. The van der Waals surface area contributed by atoms with Crippen molar-refractivity contribution >= 4 is 17.5 Å². The van der Waals surface area contributed by atoms with E-state index in [1.807, 2.05) is 26.0 Å². The van der Waals surface area contributed by atoms with Crippen LogP contribution in [0.25, 0.3) is 0 Å². The third-order valence-electron chi connectivity index (χ3n) is 3.30. The largest absolute Gasteiger partial charge is 0.346 e. The highest BCUT2D eigenvalue weighted by molar-refractivity contribution is 5.90. The van der Waals surface area contributed by atoms with Crippen molar-refractivity contribution in [1.82, 2.24) is 20.5 Å². The molecular formula is C16H21N5O2. The van der Waals surface area contributed by atoms with Crippen LogP contribution in [0.2, 0.25) is 0 Å². The lowest BCUT2D eigenvalue weighted by Gasteiger charge is -2.11. The number of hydrogen-bond donors (Lipinski definition) is 3. The van der Waals surface area contributed by atoms with Crippen LogP contribution in [-0.4, -0.2) is 27.0 Å². The molecular weight excluding hydrogens is 294 g/mol. The van der Waals surface area contributed by atoms with Crippen molar-refractivity contribution in [3.05, 3.63) is 42.0 Å². The number of carbonyl (C=O) groups excluding carboxylic acids is 2. The fourth-order valence-electron chi connectivity index (χ4n) is 2.13. The molecule has 1 heterocycles. The summed E-state index contributed by atoms with van der Waals surface area (Å²) in [4.78, 5) is 27.6. The SMILES string of the molecule is CCCC(=O)Nc1ccc(CC(=O)NC(C)c2ncn[nH]2)cc1. The highest BCUT2D eigenvalue weighted by atomic mass is 16.2. The first kappa shape index (κ1) is 16.7. The third-order valence-corrected chi connectivity index (χ3v) is 3.30. The monoisotopic (exact) mass is 315 g/mol. The fraction of sp³-hybridized carbons (Fsp3) is 0.375. The number of H-pyrrole nitrogens is 1. The molecule has 3 N–H and O–H groups in total. The Morgan fingerprint density at radius 2 is 1.96 bits per heavy atom. The van der Waals surface area contributed by atoms with E-state index in [-0.39, 0.29) is 24.3 Å². The topological polar surface area (TPSA) is 99.8 Å². The van der Waals surface area contributed by atoms with Crippen LogP contribution in [0.3, 0.4) is 0 Å². The number of aromatic nitrogens is 3. The van der Waals surface area contributed by atoms with E-state index in [0.29, 0.717) is 12.2 Å². The minimum absolute atomic E-state index is 0.00104. The number of nitrogens with one attached hydrogen (secondary N) is 3. The van der Waals surface area contributed by atoms with Gasteiger partial charge >= 0.3 is 0 Å². The van der Waals surface area contributed by atoms with Gasteiger partial charge < -0.3 is 10.6 Å². The molecule has 0 saturated heterocycles. The molecule has 7 nitrogen and oxygen atoms in total. The van der Waals surface area contributed by atoms with Crippen molar-refractivity contribution in [2.24, 2.45) is 0 Å². The van der Waals surface area contributed by atoms with Crippen LogP contribution in [-0.2, 0) is 16.0 Å². The van der Waals surface area contributed by atoms with Crippen LogP contribution in [0.15, 0.2) is 30.6 Å². The summed E-state index contributed by atoms with van der Waals surface area (Å²) >= 11 is 0. The first-order valence-electron chi connectivity index (χ1n) is 7.62. The Morgan fingerprint density at radius 3 is 2.57 bits per heavy atom. The predicted octanol–water partition coefficient (Wildman–Crippen LogP) is 1.96. The predicted molar refractivity (Wildman–Crippen MR) is 86.6 cm³/mol. The third kappa shape index (κ3) is 5.21. The van der Waals surface area contributed by atoms with Crippen molar-refractivity contribution in [3.8, 4) is 0 Å². The number of rotatable bonds is 7. The van der Waals surface area contributed by atoms with Crippen LogP contribution in [0.1, 0.15) is 44.1 Å². The van der Waals surface area contributed by atoms with E-state index < -0.39 is 0 Å². The van der Waals surface area contributed by atoms with E-state index in [1.165, 1.54) is 6.33 Å². The molecule has 1 atom stereocenters. The van der Waals surface area contributed by atoms with Gasteiger partial charge in [0.15, 0.2) is 0 Å². The summed E-state index contributed by atoms with van der Waals surface area (Å²) < 4.78 is 0. The summed E-state index contributed by atoms with van der Waals surface area (Å²) in [6.45, 7) is 3.80. The van der Waals surface area contributed by atoms with Gasteiger partial charge in [0.05, 0.1) is 12.5 Å². The summed E-state index contributed by atoms with van der Waals surface area (Å²) in [7, 11) is 0. The molecule has 0 saturated carbocycles. The molecule has 0 aliphatic heterocycles. The molecule has 23 heavy (non-hydrogen) atoms. The normalized spacial score (nSPS) is 11.7. The number of benzene rings is 1. The van der Waals surface area contributed by atoms with Gasteiger partial charge in [0.25, 0.3) is 0 Å². The van der Waals surface area contributed by atoms with E-state index in [9.17, 15) is 9.59 Å². The van der Waals surface area contributed by atoms with E-state index in [1.54, 1.807) is 12.1 Å². The molecule has 0 aliphatic rings. The Morgan fingerprint density at radius 1 is 1.22 bits per heavy atom. The minimum Gasteiger partial charge on any atom is -0.346 e. The number of carbonyl (C=O) groups is 2. The maximum Gasteiger partial charge on any atom is 0.224 e. The molecule has 2 aromatic rings. The van der Waals surface area contributed by atoms with E-state index in [4.69, 9.17) is 0 Å². The van der Waals surface area contributed by atoms with Gasteiger partial charge in [-0.25, -0.2) is 4.98 Å². The minimum atomic E-state index is -0.224. The molecule has 1 unspecified atom stereocenters. The van der Waals surface area contributed by atoms with Crippen molar-refractivity contribution in [2.75, 3.05) is 5.32 Å². The zero-order valence-corrected chi connectivity index (χ0v) is 13.3. The summed E-state index contributed by atoms with van der Waals surface area (Å²) in [5, 5.41) is 12.2. The first-order chi connectivity index (χ1) is 11.1. The van der Waals surface area contributed by atoms with Gasteiger partial charge in [-0.2, -0.15) is 5.10 Å². The zero-order chi connectivity index (χ0) is 16.7. The Kier molecular flexibility index (Phi) is 5.85. The second-order valence-corrected chi connectivity index (χ2v) is 5.33. The Labute approximate surface area is 134 Å². The van der Waals surface area contributed by atoms with Gasteiger partial charge in [-0.1, -0.05) is 19.1 Å². The fourth-order valence-corrected chi connectivity index (χ4v) is 2.13.